The summed E-state index contributed by atoms with van der Waals surface area (Å²) in [5.41, 5.74) is 1.19. The molecule has 1 aromatic carbocycles. The average molecular weight is 205 g/mol. The van der Waals surface area contributed by atoms with E-state index in [0.29, 0.717) is 23.2 Å². The second kappa shape index (κ2) is 3.53. The van der Waals surface area contributed by atoms with Gasteiger partial charge in [-0.05, 0) is 24.3 Å². The molecule has 0 radical (unpaired) electrons. The van der Waals surface area contributed by atoms with Crippen molar-refractivity contribution in [2.24, 2.45) is 0 Å². The number of hydrogen-bond acceptors (Lipinski definition) is 4. The van der Waals surface area contributed by atoms with Crippen LogP contribution in [0.3, 0.4) is 0 Å². The van der Waals surface area contributed by atoms with Crippen LogP contribution in [0, 0.1) is 10.1 Å². The van der Waals surface area contributed by atoms with E-state index in [0.717, 1.165) is 0 Å². The monoisotopic (exact) mass is 205 g/mol. The van der Waals surface area contributed by atoms with E-state index in [1.807, 2.05) is 0 Å². The zero-order valence-corrected chi connectivity index (χ0v) is 7.62. The summed E-state index contributed by atoms with van der Waals surface area (Å²) < 4.78 is 5.09. The SMILES string of the molecule is O=Cc1ccc2c(c1)C=CC([N+](=O)[O-])O2. The van der Waals surface area contributed by atoms with Gasteiger partial charge in [-0.25, -0.2) is 0 Å². The molecule has 1 aliphatic heterocycles. The highest BCUT2D eigenvalue weighted by Crippen LogP contribution is 2.26. The maximum absolute atomic E-state index is 10.5. The van der Waals surface area contributed by atoms with E-state index in [-0.39, 0.29) is 0 Å². The Morgan fingerprint density at radius 2 is 2.27 bits per heavy atom. The predicted octanol–water partition coefficient (Wildman–Crippen LogP) is 1.51. The van der Waals surface area contributed by atoms with Gasteiger partial charge in [-0.3, -0.25) is 14.9 Å². The van der Waals surface area contributed by atoms with Crippen molar-refractivity contribution in [3.63, 3.8) is 0 Å². The van der Waals surface area contributed by atoms with Crippen LogP contribution in [0.25, 0.3) is 6.08 Å². The van der Waals surface area contributed by atoms with E-state index < -0.39 is 11.2 Å². The molecule has 0 saturated heterocycles. The largest absolute Gasteiger partial charge is 0.426 e. The minimum absolute atomic E-state index is 0.421. The Morgan fingerprint density at radius 3 is 2.93 bits per heavy atom. The quantitative estimate of drug-likeness (QED) is 0.417. The van der Waals surface area contributed by atoms with E-state index >= 15 is 0 Å². The van der Waals surface area contributed by atoms with E-state index in [4.69, 9.17) is 4.74 Å². The van der Waals surface area contributed by atoms with E-state index in [9.17, 15) is 14.9 Å². The van der Waals surface area contributed by atoms with Crippen molar-refractivity contribution in [2.75, 3.05) is 0 Å². The van der Waals surface area contributed by atoms with Gasteiger partial charge < -0.3 is 4.74 Å². The standard InChI is InChI=1S/C10H7NO4/c12-6-7-1-3-9-8(5-7)2-4-10(15-9)11(13)14/h1-6,10H. The van der Waals surface area contributed by atoms with E-state index in [1.165, 1.54) is 6.08 Å². The zero-order chi connectivity index (χ0) is 10.8. The topological polar surface area (TPSA) is 69.4 Å². The van der Waals surface area contributed by atoms with Gasteiger partial charge in [0.1, 0.15) is 12.0 Å². The van der Waals surface area contributed by atoms with Gasteiger partial charge in [0.05, 0.1) is 4.92 Å². The summed E-state index contributed by atoms with van der Waals surface area (Å²) in [5.74, 6) is 0.421. The molecule has 0 spiro atoms. The lowest BCUT2D eigenvalue weighted by Crippen LogP contribution is -2.25. The van der Waals surface area contributed by atoms with Crippen LogP contribution < -0.4 is 4.74 Å². The van der Waals surface area contributed by atoms with Crippen molar-refractivity contribution >= 4 is 12.4 Å². The Kier molecular flexibility index (Phi) is 2.21. The predicted molar refractivity (Wildman–Crippen MR) is 52.3 cm³/mol. The highest BCUT2D eigenvalue weighted by molar-refractivity contribution is 5.78. The van der Waals surface area contributed by atoms with Gasteiger partial charge in [-0.2, -0.15) is 0 Å². The first kappa shape index (κ1) is 9.39. The van der Waals surface area contributed by atoms with Crippen LogP contribution in [-0.4, -0.2) is 17.4 Å². The number of hydrogen-bond donors (Lipinski definition) is 0. The maximum Gasteiger partial charge on any atom is 0.374 e. The molecule has 1 heterocycles. The number of rotatable bonds is 2. The Bertz CT molecular complexity index is 453. The molecular formula is C10H7NO4. The number of fused-ring (bicyclic) bond motifs is 1. The average Bonchev–Trinajstić information content (AvgIpc) is 2.27. The Morgan fingerprint density at radius 1 is 1.47 bits per heavy atom. The lowest BCUT2D eigenvalue weighted by molar-refractivity contribution is -0.548. The minimum atomic E-state index is -1.14. The molecule has 0 aromatic heterocycles. The molecule has 1 aliphatic rings. The van der Waals surface area contributed by atoms with Gasteiger partial charge in [0.2, 0.25) is 0 Å². The van der Waals surface area contributed by atoms with Gasteiger partial charge in [0, 0.05) is 17.2 Å². The summed E-state index contributed by atoms with van der Waals surface area (Å²) in [5, 5.41) is 10.5. The third kappa shape index (κ3) is 1.71. The molecule has 0 amide bonds. The van der Waals surface area contributed by atoms with Crippen molar-refractivity contribution < 1.29 is 14.5 Å². The molecule has 0 bridgehead atoms. The zero-order valence-electron chi connectivity index (χ0n) is 7.62. The summed E-state index contributed by atoms with van der Waals surface area (Å²) in [6, 6.07) is 4.73. The van der Waals surface area contributed by atoms with Gasteiger partial charge in [0.25, 0.3) is 0 Å². The van der Waals surface area contributed by atoms with Crippen molar-refractivity contribution in [1.29, 1.82) is 0 Å². The molecular weight excluding hydrogens is 198 g/mol. The highest BCUT2D eigenvalue weighted by atomic mass is 16.7. The number of nitro groups is 1. The third-order valence-electron chi connectivity index (χ3n) is 2.07. The summed E-state index contributed by atoms with van der Waals surface area (Å²) in [6.45, 7) is 0. The van der Waals surface area contributed by atoms with Crippen LogP contribution in [0.4, 0.5) is 0 Å². The van der Waals surface area contributed by atoms with Crippen LogP contribution in [-0.2, 0) is 0 Å². The van der Waals surface area contributed by atoms with E-state index in [2.05, 4.69) is 0 Å². The molecule has 5 heteroatoms. The van der Waals surface area contributed by atoms with Gasteiger partial charge >= 0.3 is 6.23 Å². The molecule has 0 N–H and O–H groups in total. The first-order valence-electron chi connectivity index (χ1n) is 4.28. The van der Waals surface area contributed by atoms with Gasteiger partial charge in [-0.15, -0.1) is 0 Å². The summed E-state index contributed by atoms with van der Waals surface area (Å²) in [6.07, 6.45) is 2.50. The Labute approximate surface area is 85.1 Å². The van der Waals surface area contributed by atoms with Crippen LogP contribution in [0.2, 0.25) is 0 Å². The molecule has 5 nitrogen and oxygen atoms in total. The second-order valence-electron chi connectivity index (χ2n) is 3.07. The third-order valence-corrected chi connectivity index (χ3v) is 2.07. The fourth-order valence-corrected chi connectivity index (χ4v) is 1.35. The van der Waals surface area contributed by atoms with Gasteiger partial charge in [-0.1, -0.05) is 0 Å². The van der Waals surface area contributed by atoms with Crippen LogP contribution in [0.15, 0.2) is 24.3 Å². The van der Waals surface area contributed by atoms with Crippen LogP contribution >= 0.6 is 0 Å². The smallest absolute Gasteiger partial charge is 0.374 e. The molecule has 0 fully saturated rings. The van der Waals surface area contributed by atoms with Crippen molar-refractivity contribution in [3.05, 3.63) is 45.5 Å². The lowest BCUT2D eigenvalue weighted by Gasteiger charge is -2.15. The molecule has 15 heavy (non-hydrogen) atoms. The fourth-order valence-electron chi connectivity index (χ4n) is 1.35. The number of nitrogens with zero attached hydrogens (tertiary/aromatic N) is 1. The fraction of sp³-hybridized carbons (Fsp3) is 0.100. The van der Waals surface area contributed by atoms with Crippen LogP contribution in [0.1, 0.15) is 15.9 Å². The van der Waals surface area contributed by atoms with Gasteiger partial charge in [0.15, 0.2) is 0 Å². The molecule has 1 aromatic rings. The summed E-state index contributed by atoms with van der Waals surface area (Å²) in [4.78, 5) is 20.4. The number of carbonyl (C=O) groups is 1. The molecule has 1 atom stereocenters. The molecule has 1 unspecified atom stereocenters. The Balaban J connectivity index is 2.36. The van der Waals surface area contributed by atoms with Crippen molar-refractivity contribution in [3.8, 4) is 5.75 Å². The van der Waals surface area contributed by atoms with E-state index in [1.54, 1.807) is 24.3 Å². The second-order valence-corrected chi connectivity index (χ2v) is 3.07. The van der Waals surface area contributed by atoms with Crippen molar-refractivity contribution in [1.82, 2.24) is 0 Å². The highest BCUT2D eigenvalue weighted by Gasteiger charge is 2.22. The first-order chi connectivity index (χ1) is 7.20. The summed E-state index contributed by atoms with van der Waals surface area (Å²) >= 11 is 0. The normalized spacial score (nSPS) is 17.7. The molecule has 0 aliphatic carbocycles. The van der Waals surface area contributed by atoms with Crippen LogP contribution in [0.5, 0.6) is 5.75 Å². The molecule has 0 saturated carbocycles. The number of carbonyl (C=O) groups excluding carboxylic acids is 1. The maximum atomic E-state index is 10.5. The number of benzene rings is 1. The summed E-state index contributed by atoms with van der Waals surface area (Å²) in [7, 11) is 0. The van der Waals surface area contributed by atoms with Crippen molar-refractivity contribution in [2.45, 2.75) is 6.23 Å². The number of ether oxygens (including phenoxy) is 1. The first-order valence-corrected chi connectivity index (χ1v) is 4.28. The number of aldehydes is 1. The molecule has 76 valence electrons. The minimum Gasteiger partial charge on any atom is -0.426 e. The molecule has 2 rings (SSSR count). The Hall–Kier alpha value is -2.17. The lowest BCUT2D eigenvalue weighted by atomic mass is 10.1.